The Morgan fingerprint density at radius 3 is 2.53 bits per heavy atom. The molecule has 0 saturated heterocycles. The molecule has 6 nitrogen and oxygen atoms in total. The minimum atomic E-state index is -0.171. The quantitative estimate of drug-likeness (QED) is 0.569. The summed E-state index contributed by atoms with van der Waals surface area (Å²) < 4.78 is 0. The number of nitrogens with one attached hydrogen (secondary N) is 2. The van der Waals surface area contributed by atoms with E-state index in [2.05, 4.69) is 20.7 Å². The molecule has 0 unspecified atom stereocenters. The first-order valence-electron chi connectivity index (χ1n) is 6.89. The summed E-state index contributed by atoms with van der Waals surface area (Å²) in [4.78, 5) is 20.1. The second-order valence-electron chi connectivity index (χ2n) is 4.95. The van der Waals surface area contributed by atoms with E-state index in [1.54, 1.807) is 0 Å². The van der Waals surface area contributed by atoms with Gasteiger partial charge in [-0.3, -0.25) is 9.78 Å². The van der Waals surface area contributed by atoms with Crippen LogP contribution >= 0.6 is 0 Å². The first-order chi connectivity index (χ1) is 9.29. The highest BCUT2D eigenvalue weighted by atomic mass is 16.1. The Hall–Kier alpha value is -1.69. The van der Waals surface area contributed by atoms with E-state index in [9.17, 15) is 4.79 Å². The van der Waals surface area contributed by atoms with Crippen LogP contribution in [0.2, 0.25) is 0 Å². The molecule has 4 N–H and O–H groups in total. The van der Waals surface area contributed by atoms with Gasteiger partial charge in [0, 0.05) is 6.04 Å². The number of carbonyl (C=O) groups is 1. The molecule has 1 amide bonds. The number of carbonyl (C=O) groups excluding carboxylic acids is 1. The lowest BCUT2D eigenvalue weighted by Crippen LogP contribution is -2.35. The first-order valence-corrected chi connectivity index (χ1v) is 6.89. The molecule has 1 heterocycles. The van der Waals surface area contributed by atoms with Crippen molar-refractivity contribution in [3.05, 3.63) is 18.1 Å². The molecule has 0 radical (unpaired) electrons. The molecule has 1 aromatic rings. The predicted molar refractivity (Wildman–Crippen MR) is 73.4 cm³/mol. The van der Waals surface area contributed by atoms with Crippen molar-refractivity contribution in [2.45, 2.75) is 51.0 Å². The molecule has 1 aliphatic carbocycles. The van der Waals surface area contributed by atoms with E-state index in [-0.39, 0.29) is 11.9 Å². The van der Waals surface area contributed by atoms with Gasteiger partial charge in [-0.2, -0.15) is 0 Å². The highest BCUT2D eigenvalue weighted by Crippen LogP contribution is 2.17. The molecular weight excluding hydrogens is 242 g/mol. The Kier molecular flexibility index (Phi) is 5.09. The number of nitrogens with two attached hydrogens (primary N) is 1. The molecule has 1 saturated carbocycles. The van der Waals surface area contributed by atoms with Gasteiger partial charge in [0.1, 0.15) is 5.69 Å². The van der Waals surface area contributed by atoms with E-state index in [0.29, 0.717) is 11.5 Å². The maximum absolute atomic E-state index is 12.1. The van der Waals surface area contributed by atoms with Crippen LogP contribution in [0.1, 0.15) is 55.4 Å². The van der Waals surface area contributed by atoms with Gasteiger partial charge in [-0.05, 0) is 12.8 Å². The van der Waals surface area contributed by atoms with Gasteiger partial charge >= 0.3 is 0 Å². The Morgan fingerprint density at radius 1 is 1.16 bits per heavy atom. The third-order valence-corrected chi connectivity index (χ3v) is 3.46. The number of amides is 1. The molecule has 2 rings (SSSR count). The van der Waals surface area contributed by atoms with E-state index in [1.165, 1.54) is 44.5 Å². The molecule has 0 spiro atoms. The fourth-order valence-corrected chi connectivity index (χ4v) is 2.40. The average Bonchev–Trinajstić information content (AvgIpc) is 2.41. The number of anilines is 1. The van der Waals surface area contributed by atoms with Crippen LogP contribution in [0.25, 0.3) is 0 Å². The second-order valence-corrected chi connectivity index (χ2v) is 4.95. The summed E-state index contributed by atoms with van der Waals surface area (Å²) in [7, 11) is 0. The topological polar surface area (TPSA) is 92.9 Å². The Balaban J connectivity index is 1.94. The van der Waals surface area contributed by atoms with E-state index < -0.39 is 0 Å². The van der Waals surface area contributed by atoms with Gasteiger partial charge in [0.25, 0.3) is 5.91 Å². The predicted octanol–water partition coefficient (Wildman–Crippen LogP) is 1.60. The van der Waals surface area contributed by atoms with Crippen molar-refractivity contribution in [3.63, 3.8) is 0 Å². The molecular formula is C13H21N5O. The molecule has 1 aliphatic rings. The van der Waals surface area contributed by atoms with Crippen molar-refractivity contribution in [1.29, 1.82) is 0 Å². The Morgan fingerprint density at radius 2 is 1.84 bits per heavy atom. The van der Waals surface area contributed by atoms with Crippen LogP contribution in [0.4, 0.5) is 5.82 Å². The normalized spacial score (nSPS) is 17.3. The van der Waals surface area contributed by atoms with Gasteiger partial charge in [-0.1, -0.05) is 32.1 Å². The lowest BCUT2D eigenvalue weighted by Gasteiger charge is -2.20. The van der Waals surface area contributed by atoms with Gasteiger partial charge in [0.05, 0.1) is 12.4 Å². The van der Waals surface area contributed by atoms with Crippen molar-refractivity contribution in [1.82, 2.24) is 15.3 Å². The van der Waals surface area contributed by atoms with Crippen molar-refractivity contribution < 1.29 is 4.79 Å². The van der Waals surface area contributed by atoms with Crippen LogP contribution in [-0.4, -0.2) is 21.9 Å². The monoisotopic (exact) mass is 263 g/mol. The number of hydrogen-bond donors (Lipinski definition) is 3. The van der Waals surface area contributed by atoms with Crippen LogP contribution in [0, 0.1) is 0 Å². The average molecular weight is 263 g/mol. The number of nitrogens with zero attached hydrogens (tertiary/aromatic N) is 2. The Bertz CT molecular complexity index is 415. The summed E-state index contributed by atoms with van der Waals surface area (Å²) >= 11 is 0. The van der Waals surface area contributed by atoms with Crippen LogP contribution in [0.3, 0.4) is 0 Å². The molecule has 0 aliphatic heterocycles. The summed E-state index contributed by atoms with van der Waals surface area (Å²) in [6.45, 7) is 0. The lowest BCUT2D eigenvalue weighted by molar-refractivity contribution is 0.0925. The molecule has 1 aromatic heterocycles. The SMILES string of the molecule is NNc1cncc(C(=O)NC2CCCCCCC2)n1. The van der Waals surface area contributed by atoms with Crippen LogP contribution in [0.15, 0.2) is 12.4 Å². The van der Waals surface area contributed by atoms with Gasteiger partial charge in [0.2, 0.25) is 0 Å². The fourth-order valence-electron chi connectivity index (χ4n) is 2.40. The number of hydrogen-bond acceptors (Lipinski definition) is 5. The van der Waals surface area contributed by atoms with Crippen LogP contribution in [0.5, 0.6) is 0 Å². The van der Waals surface area contributed by atoms with Crippen molar-refractivity contribution in [2.75, 3.05) is 5.43 Å². The molecule has 0 atom stereocenters. The summed E-state index contributed by atoms with van der Waals surface area (Å²) in [6, 6.07) is 0.254. The lowest BCUT2D eigenvalue weighted by atomic mass is 9.96. The zero-order chi connectivity index (χ0) is 13.5. The highest BCUT2D eigenvalue weighted by Gasteiger charge is 2.16. The molecule has 0 bridgehead atoms. The zero-order valence-electron chi connectivity index (χ0n) is 11.1. The minimum absolute atomic E-state index is 0.171. The zero-order valence-corrected chi connectivity index (χ0v) is 11.1. The highest BCUT2D eigenvalue weighted by molar-refractivity contribution is 5.92. The third-order valence-electron chi connectivity index (χ3n) is 3.46. The maximum Gasteiger partial charge on any atom is 0.271 e. The molecule has 104 valence electrons. The second kappa shape index (κ2) is 7.04. The van der Waals surface area contributed by atoms with Gasteiger partial charge in [-0.25, -0.2) is 10.8 Å². The van der Waals surface area contributed by atoms with Crippen molar-refractivity contribution in [3.8, 4) is 0 Å². The number of nitrogen functional groups attached to an aromatic ring is 1. The summed E-state index contributed by atoms with van der Waals surface area (Å²) in [6.07, 6.45) is 11.2. The van der Waals surface area contributed by atoms with Gasteiger partial charge < -0.3 is 10.7 Å². The van der Waals surface area contributed by atoms with Crippen LogP contribution < -0.4 is 16.6 Å². The smallest absolute Gasteiger partial charge is 0.271 e. The van der Waals surface area contributed by atoms with Crippen LogP contribution in [-0.2, 0) is 0 Å². The third kappa shape index (κ3) is 4.17. The summed E-state index contributed by atoms with van der Waals surface area (Å²) in [5, 5.41) is 3.04. The minimum Gasteiger partial charge on any atom is -0.348 e. The van der Waals surface area contributed by atoms with Gasteiger partial charge in [0.15, 0.2) is 5.82 Å². The summed E-state index contributed by atoms with van der Waals surface area (Å²) in [5.74, 6) is 5.48. The van der Waals surface area contributed by atoms with E-state index >= 15 is 0 Å². The van der Waals surface area contributed by atoms with Crippen molar-refractivity contribution in [2.24, 2.45) is 5.84 Å². The summed E-state index contributed by atoms with van der Waals surface area (Å²) in [5.41, 5.74) is 2.69. The van der Waals surface area contributed by atoms with E-state index in [0.717, 1.165) is 12.8 Å². The van der Waals surface area contributed by atoms with E-state index in [4.69, 9.17) is 5.84 Å². The largest absolute Gasteiger partial charge is 0.348 e. The molecule has 1 fully saturated rings. The number of rotatable bonds is 3. The number of aromatic nitrogens is 2. The molecule has 6 heteroatoms. The fraction of sp³-hybridized carbons (Fsp3) is 0.615. The first kappa shape index (κ1) is 13.7. The van der Waals surface area contributed by atoms with Crippen molar-refractivity contribution >= 4 is 11.7 Å². The standard InChI is InChI=1S/C13H21N5O/c14-18-12-9-15-8-11(17-12)13(19)16-10-6-4-2-1-3-5-7-10/h8-10H,1-7,14H2,(H,16,19)(H,17,18). The van der Waals surface area contributed by atoms with E-state index in [1.807, 2.05) is 0 Å². The maximum atomic E-state index is 12.1. The number of hydrazine groups is 1. The van der Waals surface area contributed by atoms with Gasteiger partial charge in [-0.15, -0.1) is 0 Å². The molecule has 19 heavy (non-hydrogen) atoms. The molecule has 0 aromatic carbocycles. The Labute approximate surface area is 113 Å².